The largest absolute Gasteiger partial charge is 0.288 e. The van der Waals surface area contributed by atoms with Gasteiger partial charge in [-0.15, -0.1) is 0 Å². The lowest BCUT2D eigenvalue weighted by Crippen LogP contribution is -2.11. The van der Waals surface area contributed by atoms with Crippen molar-refractivity contribution in [2.45, 2.75) is 6.82 Å². The molecule has 1 heterocycles. The summed E-state index contributed by atoms with van der Waals surface area (Å²) in [4.78, 5) is 14.5. The lowest BCUT2D eigenvalue weighted by atomic mass is 9.81. The fraction of sp³-hybridized carbons (Fsp3) is 0.200. The van der Waals surface area contributed by atoms with E-state index in [4.69, 9.17) is 0 Å². The quantitative estimate of drug-likeness (QED) is 0.510. The second-order valence-corrected chi connectivity index (χ2v) is 1.60. The van der Waals surface area contributed by atoms with E-state index in [1.807, 2.05) is 0 Å². The van der Waals surface area contributed by atoms with Crippen molar-refractivity contribution in [1.29, 1.82) is 0 Å². The Kier molecular flexibility index (Phi) is 1.67. The first-order chi connectivity index (χ1) is 4.34. The molecule has 4 heteroatoms. The zero-order chi connectivity index (χ0) is 6.69. The summed E-state index contributed by atoms with van der Waals surface area (Å²) in [7, 11) is 1.49. The van der Waals surface area contributed by atoms with Gasteiger partial charge in [0.2, 0.25) is 7.28 Å². The minimum absolute atomic E-state index is 0.0486. The van der Waals surface area contributed by atoms with Crippen LogP contribution in [-0.2, 0) is 0 Å². The molecule has 0 spiro atoms. The van der Waals surface area contributed by atoms with Crippen LogP contribution >= 0.6 is 0 Å². The number of rotatable bonds is 1. The molecule has 0 bridgehead atoms. The number of hydrogen-bond acceptors (Lipinski definition) is 2. The van der Waals surface area contributed by atoms with Gasteiger partial charge >= 0.3 is 0 Å². The van der Waals surface area contributed by atoms with Crippen molar-refractivity contribution >= 4 is 13.1 Å². The first-order valence-electron chi connectivity index (χ1n) is 2.66. The first-order valence-corrected chi connectivity index (χ1v) is 2.66. The fourth-order valence-corrected chi connectivity index (χ4v) is 0.539. The van der Waals surface area contributed by atoms with Gasteiger partial charge in [-0.25, -0.2) is 4.98 Å². The van der Waals surface area contributed by atoms with Crippen molar-refractivity contribution < 1.29 is 4.79 Å². The van der Waals surface area contributed by atoms with Gasteiger partial charge in [-0.1, -0.05) is 6.82 Å². The molecule has 1 aromatic rings. The van der Waals surface area contributed by atoms with Crippen molar-refractivity contribution in [3.8, 4) is 0 Å². The highest BCUT2D eigenvalue weighted by molar-refractivity contribution is 6.72. The second-order valence-electron chi connectivity index (χ2n) is 1.60. The third kappa shape index (κ3) is 1.19. The first kappa shape index (κ1) is 6.07. The zero-order valence-corrected chi connectivity index (χ0v) is 5.11. The molecule has 0 unspecified atom stereocenters. The van der Waals surface area contributed by atoms with Crippen LogP contribution in [0.1, 0.15) is 0 Å². The highest BCUT2D eigenvalue weighted by Gasteiger charge is 1.98. The highest BCUT2D eigenvalue weighted by atomic mass is 16.1. The van der Waals surface area contributed by atoms with Crippen LogP contribution in [0.4, 0.5) is 4.79 Å². The summed E-state index contributed by atoms with van der Waals surface area (Å²) in [6, 6.07) is 0. The molecule has 0 aliphatic rings. The molecule has 0 saturated carbocycles. The molecule has 1 rings (SSSR count). The van der Waals surface area contributed by atoms with Gasteiger partial charge in [-0.05, 0) is 0 Å². The number of nitrogens with zero attached hydrogens (tertiary/aromatic N) is 2. The van der Waals surface area contributed by atoms with Crippen LogP contribution in [0, 0.1) is 0 Å². The Morgan fingerprint density at radius 1 is 1.78 bits per heavy atom. The van der Waals surface area contributed by atoms with Crippen LogP contribution in [0.25, 0.3) is 0 Å². The summed E-state index contributed by atoms with van der Waals surface area (Å²) in [5.41, 5.74) is 0. The summed E-state index contributed by atoms with van der Waals surface area (Å²) >= 11 is 0. The van der Waals surface area contributed by atoms with E-state index < -0.39 is 0 Å². The predicted octanol–water partition coefficient (Wildman–Crippen LogP) is 0.603. The Hall–Kier alpha value is -1.06. The molecule has 0 aliphatic carbocycles. The van der Waals surface area contributed by atoms with Crippen molar-refractivity contribution in [2.75, 3.05) is 0 Å². The van der Waals surface area contributed by atoms with Crippen molar-refractivity contribution in [3.63, 3.8) is 0 Å². The monoisotopic (exact) mass is 121 g/mol. The smallest absolute Gasteiger partial charge is 0.230 e. The van der Waals surface area contributed by atoms with Gasteiger partial charge in [-0.2, -0.15) is 0 Å². The fourth-order valence-electron chi connectivity index (χ4n) is 0.539. The van der Waals surface area contributed by atoms with E-state index >= 15 is 0 Å². The number of aromatic nitrogens is 2. The van der Waals surface area contributed by atoms with E-state index in [-0.39, 0.29) is 5.81 Å². The van der Waals surface area contributed by atoms with Crippen molar-refractivity contribution in [2.24, 2.45) is 0 Å². The molecule has 0 amide bonds. The summed E-state index contributed by atoms with van der Waals surface area (Å²) in [5.74, 6) is -0.0486. The molecule has 0 aromatic carbocycles. The maximum absolute atomic E-state index is 10.7. The molecule has 0 atom stereocenters. The number of carbonyl (C=O) groups is 1. The standard InChI is InChI=1S/C5H6BN2O/c1-6-5(9)8-3-2-7-4-8/h2-4H,1H3. The maximum Gasteiger partial charge on any atom is 0.230 e. The minimum atomic E-state index is -0.0486. The zero-order valence-electron chi connectivity index (χ0n) is 5.11. The van der Waals surface area contributed by atoms with E-state index in [0.29, 0.717) is 0 Å². The molecule has 0 aliphatic heterocycles. The lowest BCUT2D eigenvalue weighted by Gasteiger charge is -1.92. The summed E-state index contributed by atoms with van der Waals surface area (Å²) in [5, 5.41) is 0. The SMILES string of the molecule is C[B]C(=O)n1ccnc1. The van der Waals surface area contributed by atoms with E-state index in [1.54, 1.807) is 19.2 Å². The van der Waals surface area contributed by atoms with Crippen LogP contribution in [0.2, 0.25) is 6.82 Å². The van der Waals surface area contributed by atoms with Crippen LogP contribution in [0.5, 0.6) is 0 Å². The van der Waals surface area contributed by atoms with E-state index in [2.05, 4.69) is 4.98 Å². The Bertz CT molecular complexity index is 195. The van der Waals surface area contributed by atoms with Crippen LogP contribution < -0.4 is 0 Å². The van der Waals surface area contributed by atoms with Crippen LogP contribution in [-0.4, -0.2) is 22.6 Å². The molecular weight excluding hydrogens is 115 g/mol. The molecule has 1 aromatic heterocycles. The normalized spacial score (nSPS) is 9.00. The van der Waals surface area contributed by atoms with Gasteiger partial charge < -0.3 is 0 Å². The average Bonchev–Trinajstić information content (AvgIpc) is 2.37. The number of imidazole rings is 1. The summed E-state index contributed by atoms with van der Waals surface area (Å²) in [6.07, 6.45) is 4.66. The van der Waals surface area contributed by atoms with Gasteiger partial charge in [0.25, 0.3) is 0 Å². The molecule has 9 heavy (non-hydrogen) atoms. The molecule has 3 nitrogen and oxygen atoms in total. The molecular formula is C5H6BN2O. The predicted molar refractivity (Wildman–Crippen MR) is 34.6 cm³/mol. The van der Waals surface area contributed by atoms with Crippen LogP contribution in [0.3, 0.4) is 0 Å². The number of carbonyl (C=O) groups excluding carboxylic acids is 1. The lowest BCUT2D eigenvalue weighted by molar-refractivity contribution is 0.260. The summed E-state index contributed by atoms with van der Waals surface area (Å²) in [6.45, 7) is 1.70. The molecule has 45 valence electrons. The molecule has 0 saturated heterocycles. The van der Waals surface area contributed by atoms with Crippen molar-refractivity contribution in [1.82, 2.24) is 9.55 Å². The van der Waals surface area contributed by atoms with E-state index in [9.17, 15) is 4.79 Å². The van der Waals surface area contributed by atoms with E-state index in [0.717, 1.165) is 0 Å². The van der Waals surface area contributed by atoms with Gasteiger partial charge in [0.15, 0.2) is 5.81 Å². The topological polar surface area (TPSA) is 34.9 Å². The van der Waals surface area contributed by atoms with Gasteiger partial charge in [0.1, 0.15) is 6.33 Å². The third-order valence-corrected chi connectivity index (χ3v) is 1.01. The van der Waals surface area contributed by atoms with E-state index in [1.165, 1.54) is 18.2 Å². The van der Waals surface area contributed by atoms with Gasteiger partial charge in [0.05, 0.1) is 0 Å². The third-order valence-electron chi connectivity index (χ3n) is 1.01. The Morgan fingerprint density at radius 3 is 3.00 bits per heavy atom. The van der Waals surface area contributed by atoms with Gasteiger partial charge in [-0.3, -0.25) is 9.36 Å². The Balaban J connectivity index is 2.77. The second kappa shape index (κ2) is 2.48. The van der Waals surface area contributed by atoms with Crippen LogP contribution in [0.15, 0.2) is 18.7 Å². The molecule has 1 radical (unpaired) electrons. The summed E-state index contributed by atoms with van der Waals surface area (Å²) < 4.78 is 1.42. The average molecular weight is 121 g/mol. The minimum Gasteiger partial charge on any atom is -0.288 e. The van der Waals surface area contributed by atoms with Crippen molar-refractivity contribution in [3.05, 3.63) is 18.7 Å². The highest BCUT2D eigenvalue weighted by Crippen LogP contribution is 1.84. The molecule has 0 fully saturated rings. The van der Waals surface area contributed by atoms with Gasteiger partial charge in [0, 0.05) is 12.4 Å². The maximum atomic E-state index is 10.7. The Morgan fingerprint density at radius 2 is 2.56 bits per heavy atom. The Labute approximate surface area is 53.9 Å². The molecule has 0 N–H and O–H groups in total. The number of hydrogen-bond donors (Lipinski definition) is 0.